The quantitative estimate of drug-likeness (QED) is 0.0477. The van der Waals surface area contributed by atoms with Crippen LogP contribution in [0.15, 0.2) is 39.4 Å². The van der Waals surface area contributed by atoms with Crippen molar-refractivity contribution < 1.29 is 38.7 Å². The number of nitrogens with one attached hydrogen (secondary N) is 1. The van der Waals surface area contributed by atoms with Gasteiger partial charge in [-0.2, -0.15) is 0 Å². The van der Waals surface area contributed by atoms with Crippen LogP contribution in [-0.2, 0) is 31.1 Å². The summed E-state index contributed by atoms with van der Waals surface area (Å²) in [5.41, 5.74) is 10.6. The number of carbonyl (C=O) groups excluding carboxylic acids is 3. The van der Waals surface area contributed by atoms with E-state index in [0.29, 0.717) is 29.2 Å². The Hall–Kier alpha value is -4.43. The molecule has 0 spiro atoms. The summed E-state index contributed by atoms with van der Waals surface area (Å²) < 4.78 is 3.33. The molecule has 0 radical (unpaired) electrons. The molecule has 45 heavy (non-hydrogen) atoms. The van der Waals surface area contributed by atoms with Crippen LogP contribution in [0.4, 0.5) is 10.9 Å². The van der Waals surface area contributed by atoms with E-state index in [4.69, 9.17) is 16.3 Å². The minimum atomic E-state index is -1.58. The van der Waals surface area contributed by atoms with Gasteiger partial charge in [0.1, 0.15) is 17.1 Å². The lowest BCUT2D eigenvalue weighted by Crippen LogP contribution is -2.71. The summed E-state index contributed by atoms with van der Waals surface area (Å²) in [6, 6.07) is 0.549. The number of fused-ring (bicyclic) bond motifs is 2. The molecule has 6 rings (SSSR count). The average molecular weight is 675 g/mol. The molecule has 3 aromatic rings. The van der Waals surface area contributed by atoms with Crippen LogP contribution < -0.4 is 26.4 Å². The van der Waals surface area contributed by atoms with Crippen LogP contribution in [0.25, 0.3) is 5.65 Å². The standard InChI is InChI=1S/C25H26N10O7S3/c1-33-10-28-35-14(33)6-13(26)30-24(35)45-8-11-7-43-20-16(19(37)34(20)17(11)21(38)39)31-18(36)15(12-9-44-23(27)29-12)32-42-25(22(40)41)4-2-3-5-25/h6,9-10,16,20,26H,2-5,7-8H2,1H3,(H5,27,29,31,36,38,39,40,41)/b32-15-/t16?,20-/m0/s1. The Morgan fingerprint density at radius 2 is 2.07 bits per heavy atom. The maximum Gasteiger partial charge on any atom is 0.350 e. The predicted molar refractivity (Wildman–Crippen MR) is 159 cm³/mol. The number of nitrogens with zero attached hydrogens (tertiary/aromatic N) is 7. The Labute approximate surface area is 266 Å². The van der Waals surface area contributed by atoms with E-state index in [2.05, 4.69) is 25.5 Å². The van der Waals surface area contributed by atoms with Gasteiger partial charge in [-0.3, -0.25) is 14.5 Å². The fourth-order valence-electron chi connectivity index (χ4n) is 5.29. The summed E-state index contributed by atoms with van der Waals surface area (Å²) >= 11 is 3.51. The molecule has 0 aromatic carbocycles. The van der Waals surface area contributed by atoms with Gasteiger partial charge in [0.2, 0.25) is 11.4 Å². The number of anilines is 2. The number of aliphatic carboxylic acids is 2. The minimum Gasteiger partial charge on any atom is -0.543 e. The zero-order valence-corrected chi connectivity index (χ0v) is 26.0. The molecule has 0 bridgehead atoms. The molecule has 1 saturated heterocycles. The number of aromatic nitrogens is 5. The van der Waals surface area contributed by atoms with Crippen LogP contribution in [0.1, 0.15) is 31.4 Å². The number of thioether (sulfide) groups is 2. The van der Waals surface area contributed by atoms with Gasteiger partial charge in [0.25, 0.3) is 17.5 Å². The third kappa shape index (κ3) is 5.52. The first-order valence-corrected chi connectivity index (χ1v) is 16.4. The third-order valence-electron chi connectivity index (χ3n) is 7.60. The van der Waals surface area contributed by atoms with Gasteiger partial charge in [-0.1, -0.05) is 19.8 Å². The van der Waals surface area contributed by atoms with Gasteiger partial charge in [-0.15, -0.1) is 23.1 Å². The summed E-state index contributed by atoms with van der Waals surface area (Å²) in [5, 5.41) is 34.1. The maximum atomic E-state index is 13.4. The van der Waals surface area contributed by atoms with E-state index in [-0.39, 0.29) is 52.4 Å². The van der Waals surface area contributed by atoms with Crippen LogP contribution in [0.5, 0.6) is 0 Å². The molecule has 20 heteroatoms. The van der Waals surface area contributed by atoms with Crippen LogP contribution >= 0.6 is 34.9 Å². The summed E-state index contributed by atoms with van der Waals surface area (Å²) in [6.07, 6.45) is 3.26. The maximum absolute atomic E-state index is 13.4. The molecule has 2 fully saturated rings. The summed E-state index contributed by atoms with van der Waals surface area (Å²) in [7, 11) is 1.80. The minimum absolute atomic E-state index is 0.0399. The lowest BCUT2D eigenvalue weighted by molar-refractivity contribution is -0.622. The first kappa shape index (κ1) is 30.6. The molecule has 2 amide bonds. The fourth-order valence-corrected chi connectivity index (χ4v) is 8.29. The zero-order chi connectivity index (χ0) is 32.0. The number of amides is 2. The molecular formula is C25H26N10O7S3. The van der Waals surface area contributed by atoms with Crippen molar-refractivity contribution in [2.45, 2.75) is 47.9 Å². The van der Waals surface area contributed by atoms with Crippen molar-refractivity contribution in [2.24, 2.45) is 12.2 Å². The van der Waals surface area contributed by atoms with Crippen molar-refractivity contribution in [1.82, 2.24) is 29.9 Å². The van der Waals surface area contributed by atoms with E-state index in [1.165, 1.54) is 28.9 Å². The molecule has 3 aliphatic rings. The van der Waals surface area contributed by atoms with Crippen molar-refractivity contribution in [3.05, 3.63) is 34.7 Å². The van der Waals surface area contributed by atoms with Gasteiger partial charge < -0.3 is 36.6 Å². The smallest absolute Gasteiger partial charge is 0.350 e. The van der Waals surface area contributed by atoms with Gasteiger partial charge in [0.15, 0.2) is 17.2 Å². The van der Waals surface area contributed by atoms with Gasteiger partial charge in [-0.25, -0.2) is 14.3 Å². The molecule has 236 valence electrons. The number of thiazole rings is 1. The number of aryl methyl sites for hydroxylation is 1. The molecule has 5 heterocycles. The number of nitrogen functional groups attached to an aromatic ring is 2. The highest BCUT2D eigenvalue weighted by Gasteiger charge is 2.53. The summed E-state index contributed by atoms with van der Waals surface area (Å²) in [4.78, 5) is 65.9. The van der Waals surface area contributed by atoms with E-state index in [0.717, 1.165) is 16.2 Å². The Morgan fingerprint density at radius 1 is 1.31 bits per heavy atom. The van der Waals surface area contributed by atoms with Gasteiger partial charge >= 0.3 is 11.1 Å². The van der Waals surface area contributed by atoms with E-state index < -0.39 is 40.8 Å². The van der Waals surface area contributed by atoms with Gasteiger partial charge in [0.05, 0.1) is 24.8 Å². The second-order valence-corrected chi connectivity index (χ2v) is 13.4. The molecular weight excluding hydrogens is 649 g/mol. The number of nitrogens with two attached hydrogens (primary N) is 2. The molecule has 6 N–H and O–H groups in total. The van der Waals surface area contributed by atoms with Gasteiger partial charge in [-0.05, 0) is 30.2 Å². The second kappa shape index (κ2) is 11.8. The molecule has 2 aliphatic heterocycles. The average Bonchev–Trinajstić information content (AvgIpc) is 3.75. The number of oxime groups is 1. The van der Waals surface area contributed by atoms with Gasteiger partial charge in [0, 0.05) is 29.7 Å². The first-order chi connectivity index (χ1) is 21.5. The fraction of sp³-hybridized carbons (Fsp3) is 0.400. The molecule has 1 aliphatic carbocycles. The SMILES string of the molecule is Cn1cn[n+]2c(SCC3=C(C(=O)[O-])N4C(=O)C(NC(=O)/C(=N\OC5(C(=O)O)CCCC5)c5csc(N)n5)[C@@H]4SC3)nc(N)cc12. The number of rotatable bonds is 10. The number of hydrogen-bond donors (Lipinski definition) is 4. The Morgan fingerprint density at radius 3 is 2.73 bits per heavy atom. The Bertz CT molecular complexity index is 1800. The lowest BCUT2D eigenvalue weighted by atomic mass is 10.0. The number of β-lactam (4-membered cyclic amide) rings is 1. The first-order valence-electron chi connectivity index (χ1n) is 13.5. The van der Waals surface area contributed by atoms with Crippen LogP contribution in [-0.4, -0.2) is 87.6 Å². The second-order valence-electron chi connectivity index (χ2n) is 10.5. The number of hydrogen-bond acceptors (Lipinski definition) is 15. The summed E-state index contributed by atoms with van der Waals surface area (Å²) in [5.74, 6) is -3.61. The number of carbonyl (C=O) groups is 4. The van der Waals surface area contributed by atoms with Crippen molar-refractivity contribution in [3.63, 3.8) is 0 Å². The van der Waals surface area contributed by atoms with Crippen LogP contribution in [0.3, 0.4) is 0 Å². The third-order valence-corrected chi connectivity index (χ3v) is 10.6. The number of carboxylic acids is 2. The van der Waals surface area contributed by atoms with Crippen LogP contribution in [0, 0.1) is 0 Å². The topological polar surface area (TPSA) is 248 Å². The highest BCUT2D eigenvalue weighted by Crippen LogP contribution is 2.41. The lowest BCUT2D eigenvalue weighted by Gasteiger charge is -2.50. The van der Waals surface area contributed by atoms with E-state index >= 15 is 0 Å². The van der Waals surface area contributed by atoms with Crippen molar-refractivity contribution >= 4 is 80.9 Å². The molecule has 1 saturated carbocycles. The van der Waals surface area contributed by atoms with Crippen molar-refractivity contribution in [3.8, 4) is 0 Å². The normalized spacial score (nSPS) is 21.0. The zero-order valence-electron chi connectivity index (χ0n) is 23.5. The van der Waals surface area contributed by atoms with Crippen molar-refractivity contribution in [2.75, 3.05) is 23.0 Å². The van der Waals surface area contributed by atoms with E-state index in [1.54, 1.807) is 28.5 Å². The molecule has 1 unspecified atom stereocenters. The van der Waals surface area contributed by atoms with E-state index in [1.807, 2.05) is 0 Å². The van der Waals surface area contributed by atoms with E-state index in [9.17, 15) is 29.4 Å². The summed E-state index contributed by atoms with van der Waals surface area (Å²) in [6.45, 7) is 0. The van der Waals surface area contributed by atoms with Crippen LogP contribution in [0.2, 0.25) is 0 Å². The largest absolute Gasteiger partial charge is 0.543 e. The monoisotopic (exact) mass is 674 g/mol. The predicted octanol–water partition coefficient (Wildman–Crippen LogP) is -1.51. The molecule has 17 nitrogen and oxygen atoms in total. The number of carboxylic acid groups (broad SMARTS) is 2. The Balaban J connectivity index is 1.20. The molecule has 2 atom stereocenters. The molecule has 3 aromatic heterocycles. The highest BCUT2D eigenvalue weighted by molar-refractivity contribution is 8.01. The van der Waals surface area contributed by atoms with Crippen molar-refractivity contribution in [1.29, 1.82) is 0 Å². The highest BCUT2D eigenvalue weighted by atomic mass is 32.2. The Kier molecular flexibility index (Phi) is 8.04.